The summed E-state index contributed by atoms with van der Waals surface area (Å²) >= 11 is 5.93. The molecule has 0 spiro atoms. The van der Waals surface area contributed by atoms with Gasteiger partial charge in [0, 0.05) is 16.4 Å². The maximum atomic E-state index is 13.2. The first kappa shape index (κ1) is 21.3. The minimum atomic E-state index is -0.605. The molecule has 2 aromatic rings. The van der Waals surface area contributed by atoms with E-state index >= 15 is 0 Å². The number of carbonyl (C=O) groups excluding carboxylic acids is 3. The fraction of sp³-hybridized carbons (Fsp3) is 0.174. The van der Waals surface area contributed by atoms with Gasteiger partial charge in [0.15, 0.2) is 0 Å². The Bertz CT molecular complexity index is 1050. The second-order valence-electron chi connectivity index (χ2n) is 6.47. The highest BCUT2D eigenvalue weighted by Crippen LogP contribution is 2.35. The van der Waals surface area contributed by atoms with Gasteiger partial charge in [-0.2, -0.15) is 0 Å². The van der Waals surface area contributed by atoms with Gasteiger partial charge in [-0.05, 0) is 61.9 Å². The second kappa shape index (κ2) is 8.97. The summed E-state index contributed by atoms with van der Waals surface area (Å²) in [6.07, 6.45) is 1.63. The molecule has 1 aliphatic rings. The van der Waals surface area contributed by atoms with Crippen molar-refractivity contribution in [3.8, 4) is 0 Å². The van der Waals surface area contributed by atoms with Crippen molar-refractivity contribution >= 4 is 41.2 Å². The highest BCUT2D eigenvalue weighted by Gasteiger charge is 2.37. The van der Waals surface area contributed by atoms with Gasteiger partial charge in [-0.3, -0.25) is 9.69 Å². The molecule has 7 heteroatoms. The Balaban J connectivity index is 2.03. The summed E-state index contributed by atoms with van der Waals surface area (Å²) in [5.41, 5.74) is 2.46. The average molecular weight is 426 g/mol. The molecule has 1 amide bonds. The van der Waals surface area contributed by atoms with Gasteiger partial charge < -0.3 is 9.47 Å². The molecule has 2 aromatic carbocycles. The number of allylic oxidation sites excluding steroid dienone is 1. The third-order valence-corrected chi connectivity index (χ3v) is 4.86. The van der Waals surface area contributed by atoms with E-state index in [0.717, 1.165) is 5.56 Å². The Labute approximate surface area is 179 Å². The fourth-order valence-corrected chi connectivity index (χ4v) is 3.30. The third-order valence-electron chi connectivity index (χ3n) is 4.61. The highest BCUT2D eigenvalue weighted by molar-refractivity contribution is 6.30. The van der Waals surface area contributed by atoms with Crippen LogP contribution in [0.25, 0.3) is 6.08 Å². The van der Waals surface area contributed by atoms with Gasteiger partial charge in [-0.25, -0.2) is 9.59 Å². The van der Waals surface area contributed by atoms with Gasteiger partial charge >= 0.3 is 11.9 Å². The zero-order valence-electron chi connectivity index (χ0n) is 16.8. The quantitative estimate of drug-likeness (QED) is 0.524. The van der Waals surface area contributed by atoms with E-state index < -0.39 is 11.9 Å². The minimum absolute atomic E-state index is 0.187. The van der Waals surface area contributed by atoms with Crippen molar-refractivity contribution < 1.29 is 23.9 Å². The minimum Gasteiger partial charge on any atom is -0.465 e. The third kappa shape index (κ3) is 4.14. The molecular formula is C23H20ClNO5. The lowest BCUT2D eigenvalue weighted by molar-refractivity contribution is -0.136. The van der Waals surface area contributed by atoms with Crippen LogP contribution >= 0.6 is 11.6 Å². The molecular weight excluding hydrogens is 406 g/mol. The van der Waals surface area contributed by atoms with E-state index in [-0.39, 0.29) is 23.7 Å². The topological polar surface area (TPSA) is 72.9 Å². The maximum absolute atomic E-state index is 13.2. The van der Waals surface area contributed by atoms with Gasteiger partial charge in [0.1, 0.15) is 0 Å². The predicted octanol–water partition coefficient (Wildman–Crippen LogP) is 4.39. The molecule has 0 bridgehead atoms. The zero-order valence-corrected chi connectivity index (χ0v) is 17.5. The number of anilines is 1. The number of benzene rings is 2. The molecule has 3 rings (SSSR count). The lowest BCUT2D eigenvalue weighted by Gasteiger charge is -2.18. The molecule has 6 nitrogen and oxygen atoms in total. The largest absolute Gasteiger partial charge is 0.465 e. The van der Waals surface area contributed by atoms with Crippen LogP contribution in [0.15, 0.2) is 65.4 Å². The van der Waals surface area contributed by atoms with E-state index in [1.807, 2.05) is 0 Å². The fourth-order valence-electron chi connectivity index (χ4n) is 3.18. The Morgan fingerprint density at radius 1 is 1.03 bits per heavy atom. The van der Waals surface area contributed by atoms with E-state index in [1.165, 1.54) is 12.0 Å². The molecule has 0 aliphatic carbocycles. The molecule has 0 unspecified atom stereocenters. The molecule has 0 saturated carbocycles. The van der Waals surface area contributed by atoms with Crippen LogP contribution in [-0.2, 0) is 19.1 Å². The number of halogens is 1. The van der Waals surface area contributed by atoms with Crippen LogP contribution in [0.4, 0.5) is 5.69 Å². The SMILES string of the molecule is CCOC(=O)c1ccc(N2C(=O)C(=Cc3ccc(Cl)cc3)C(C(=O)OC)=C2C)cc1. The second-order valence-corrected chi connectivity index (χ2v) is 6.91. The number of methoxy groups -OCH3 is 1. The summed E-state index contributed by atoms with van der Waals surface area (Å²) in [6, 6.07) is 13.3. The van der Waals surface area contributed by atoms with Crippen LogP contribution in [0, 0.1) is 0 Å². The van der Waals surface area contributed by atoms with Crippen molar-refractivity contribution in [2.45, 2.75) is 13.8 Å². The number of rotatable bonds is 5. The smallest absolute Gasteiger partial charge is 0.340 e. The maximum Gasteiger partial charge on any atom is 0.340 e. The van der Waals surface area contributed by atoms with Crippen molar-refractivity contribution in [3.63, 3.8) is 0 Å². The number of hydrogen-bond acceptors (Lipinski definition) is 5. The first-order valence-corrected chi connectivity index (χ1v) is 9.63. The normalized spacial score (nSPS) is 15.0. The van der Waals surface area contributed by atoms with E-state index in [9.17, 15) is 14.4 Å². The highest BCUT2D eigenvalue weighted by atomic mass is 35.5. The molecule has 1 aliphatic heterocycles. The first-order valence-electron chi connectivity index (χ1n) is 9.25. The summed E-state index contributed by atoms with van der Waals surface area (Å²) in [5.74, 6) is -1.42. The first-order chi connectivity index (χ1) is 14.4. The van der Waals surface area contributed by atoms with Crippen molar-refractivity contribution in [2.24, 2.45) is 0 Å². The number of amides is 1. The Hall–Kier alpha value is -3.38. The van der Waals surface area contributed by atoms with Crippen molar-refractivity contribution in [1.82, 2.24) is 0 Å². The van der Waals surface area contributed by atoms with Crippen molar-refractivity contribution in [2.75, 3.05) is 18.6 Å². The van der Waals surface area contributed by atoms with Crippen molar-refractivity contribution in [1.29, 1.82) is 0 Å². The standard InChI is InChI=1S/C23H20ClNO5/c1-4-30-22(27)16-7-11-18(12-8-16)25-14(2)20(23(28)29-3)19(21(25)26)13-15-5-9-17(24)10-6-15/h5-13H,4H2,1-3H3. The van der Waals surface area contributed by atoms with E-state index in [2.05, 4.69) is 0 Å². The number of nitrogens with zero attached hydrogens (tertiary/aromatic N) is 1. The molecule has 0 radical (unpaired) electrons. The molecule has 154 valence electrons. The zero-order chi connectivity index (χ0) is 21.8. The molecule has 1 heterocycles. The number of hydrogen-bond donors (Lipinski definition) is 0. The van der Waals surface area contributed by atoms with E-state index in [4.69, 9.17) is 21.1 Å². The number of esters is 2. The summed E-state index contributed by atoms with van der Waals surface area (Å²) < 4.78 is 9.88. The Kier molecular flexibility index (Phi) is 6.37. The van der Waals surface area contributed by atoms with E-state index in [0.29, 0.717) is 22.0 Å². The number of ether oxygens (including phenoxy) is 2. The van der Waals surface area contributed by atoms with Gasteiger partial charge in [0.05, 0.1) is 30.4 Å². The van der Waals surface area contributed by atoms with Gasteiger partial charge in [0.25, 0.3) is 5.91 Å². The Morgan fingerprint density at radius 2 is 1.67 bits per heavy atom. The van der Waals surface area contributed by atoms with Crippen LogP contribution in [0.2, 0.25) is 5.02 Å². The summed E-state index contributed by atoms with van der Waals surface area (Å²) in [5, 5.41) is 0.568. The van der Waals surface area contributed by atoms with Crippen LogP contribution in [0.3, 0.4) is 0 Å². The summed E-state index contributed by atoms with van der Waals surface area (Å²) in [7, 11) is 1.27. The van der Waals surface area contributed by atoms with Crippen LogP contribution in [-0.4, -0.2) is 31.6 Å². The molecule has 0 aromatic heterocycles. The predicted molar refractivity (Wildman–Crippen MR) is 114 cm³/mol. The molecule has 0 saturated heterocycles. The summed E-state index contributed by atoms with van der Waals surface area (Å²) in [6.45, 7) is 3.67. The average Bonchev–Trinajstić information content (AvgIpc) is 2.99. The number of carbonyl (C=O) groups is 3. The lowest BCUT2D eigenvalue weighted by Crippen LogP contribution is -2.24. The van der Waals surface area contributed by atoms with Gasteiger partial charge in [-0.15, -0.1) is 0 Å². The molecule has 30 heavy (non-hydrogen) atoms. The Morgan fingerprint density at radius 3 is 2.23 bits per heavy atom. The van der Waals surface area contributed by atoms with Crippen LogP contribution in [0.1, 0.15) is 29.8 Å². The molecule has 0 fully saturated rings. The lowest BCUT2D eigenvalue weighted by atomic mass is 10.0. The van der Waals surface area contributed by atoms with Gasteiger partial charge in [-0.1, -0.05) is 23.7 Å². The monoisotopic (exact) mass is 425 g/mol. The molecule has 0 N–H and O–H groups in total. The van der Waals surface area contributed by atoms with E-state index in [1.54, 1.807) is 68.5 Å². The van der Waals surface area contributed by atoms with Crippen LogP contribution < -0.4 is 4.90 Å². The van der Waals surface area contributed by atoms with Crippen molar-refractivity contribution in [3.05, 3.63) is 81.5 Å². The molecule has 0 atom stereocenters. The summed E-state index contributed by atoms with van der Waals surface area (Å²) in [4.78, 5) is 39.0. The van der Waals surface area contributed by atoms with Crippen LogP contribution in [0.5, 0.6) is 0 Å². The van der Waals surface area contributed by atoms with Gasteiger partial charge in [0.2, 0.25) is 0 Å².